The number of allylic oxidation sites excluding steroid dienone is 2. The number of esters is 2. The Bertz CT molecular complexity index is 1070. The van der Waals surface area contributed by atoms with Crippen LogP contribution in [0.2, 0.25) is 0 Å². The summed E-state index contributed by atoms with van der Waals surface area (Å²) in [6.07, 6.45) is -7.94. The maximum Gasteiger partial charge on any atom is 0.333 e. The Kier molecular flexibility index (Phi) is 13.3. The van der Waals surface area contributed by atoms with E-state index in [2.05, 4.69) is 13.2 Å². The van der Waals surface area contributed by atoms with Gasteiger partial charge in [0.25, 0.3) is 0 Å². The van der Waals surface area contributed by atoms with Crippen molar-refractivity contribution in [2.75, 3.05) is 13.2 Å². The summed E-state index contributed by atoms with van der Waals surface area (Å²) in [4.78, 5) is 25.5. The number of hydrogen-bond donors (Lipinski definition) is 6. The molecule has 0 unspecified atom stereocenters. The van der Waals surface area contributed by atoms with Gasteiger partial charge in [-0.05, 0) is 53.4 Å². The van der Waals surface area contributed by atoms with Crippen LogP contribution in [0.15, 0.2) is 48.6 Å². The van der Waals surface area contributed by atoms with E-state index >= 15 is 0 Å². The number of hydrogen-bond acceptors (Lipinski definition) is 14. The molecule has 0 aromatic heterocycles. The first-order valence-electron chi connectivity index (χ1n) is 15.2. The Labute approximate surface area is 268 Å². The molecule has 0 spiro atoms. The molecule has 0 amide bonds. The lowest BCUT2D eigenvalue weighted by Crippen LogP contribution is -2.60. The number of cyclic esters (lactones) is 2. The van der Waals surface area contributed by atoms with Crippen molar-refractivity contribution in [2.45, 2.75) is 126 Å². The van der Waals surface area contributed by atoms with Crippen LogP contribution >= 0.6 is 0 Å². The second kappa shape index (κ2) is 16.1. The highest BCUT2D eigenvalue weighted by Gasteiger charge is 2.48. The van der Waals surface area contributed by atoms with Crippen LogP contribution in [0.25, 0.3) is 0 Å². The van der Waals surface area contributed by atoms with Crippen molar-refractivity contribution in [2.24, 2.45) is 0 Å². The highest BCUT2D eigenvalue weighted by Crippen LogP contribution is 2.31. The summed E-state index contributed by atoms with van der Waals surface area (Å²) >= 11 is 0. The van der Waals surface area contributed by atoms with Gasteiger partial charge >= 0.3 is 11.9 Å². The number of fused-ring (bicyclic) bond motifs is 4. The second-order valence-electron chi connectivity index (χ2n) is 12.3. The highest BCUT2D eigenvalue weighted by atomic mass is 16.7. The van der Waals surface area contributed by atoms with Gasteiger partial charge in [0.15, 0.2) is 12.6 Å². The molecule has 0 aromatic rings. The Morgan fingerprint density at radius 1 is 0.652 bits per heavy atom. The molecular weight excluding hydrogens is 608 g/mol. The third kappa shape index (κ3) is 9.31. The lowest BCUT2D eigenvalue weighted by Gasteiger charge is -2.43. The van der Waals surface area contributed by atoms with E-state index in [-0.39, 0.29) is 36.8 Å². The molecule has 6 N–H and O–H groups in total. The van der Waals surface area contributed by atoms with Gasteiger partial charge in [-0.15, -0.1) is 13.2 Å². The molecule has 0 aromatic carbocycles. The number of rotatable bonds is 2. The van der Waals surface area contributed by atoms with E-state index in [1.54, 1.807) is 26.0 Å². The van der Waals surface area contributed by atoms with Crippen molar-refractivity contribution in [1.82, 2.24) is 0 Å². The highest BCUT2D eigenvalue weighted by molar-refractivity contribution is 5.88. The third-order valence-electron chi connectivity index (χ3n) is 8.56. The summed E-state index contributed by atoms with van der Waals surface area (Å²) in [5.41, 5.74) is -1.82. The van der Waals surface area contributed by atoms with Crippen molar-refractivity contribution in [3.63, 3.8) is 0 Å². The van der Waals surface area contributed by atoms with E-state index < -0.39 is 97.8 Å². The maximum atomic E-state index is 12.7. The first-order chi connectivity index (χ1) is 21.5. The van der Waals surface area contributed by atoms with Gasteiger partial charge < -0.3 is 59.1 Å². The molecule has 46 heavy (non-hydrogen) atoms. The molecule has 3 heterocycles. The molecule has 12 atom stereocenters. The van der Waals surface area contributed by atoms with Gasteiger partial charge in [-0.25, -0.2) is 9.59 Å². The Balaban J connectivity index is 1.87. The largest absolute Gasteiger partial charge is 0.459 e. The maximum absolute atomic E-state index is 12.7. The molecule has 4 bridgehead atoms. The first-order valence-corrected chi connectivity index (χ1v) is 15.2. The summed E-state index contributed by atoms with van der Waals surface area (Å²) in [5, 5.41) is 63.2. The zero-order valence-electron chi connectivity index (χ0n) is 26.7. The van der Waals surface area contributed by atoms with Crippen LogP contribution in [0.3, 0.4) is 0 Å². The summed E-state index contributed by atoms with van der Waals surface area (Å²) in [5.74, 6) is -1.44. The molecule has 3 rings (SSSR count). The predicted octanol–water partition coefficient (Wildman–Crippen LogP) is 0.0772. The molecule has 0 saturated carbocycles. The monoisotopic (exact) mass is 656 g/mol. The predicted molar refractivity (Wildman–Crippen MR) is 161 cm³/mol. The Morgan fingerprint density at radius 3 is 1.33 bits per heavy atom. The molecular formula is C32H48O14. The van der Waals surface area contributed by atoms with Gasteiger partial charge in [0, 0.05) is 11.1 Å². The molecule has 14 nitrogen and oxygen atoms in total. The van der Waals surface area contributed by atoms with Crippen LogP contribution < -0.4 is 0 Å². The summed E-state index contributed by atoms with van der Waals surface area (Å²) in [6, 6.07) is 0. The van der Waals surface area contributed by atoms with Crippen molar-refractivity contribution >= 4 is 11.9 Å². The smallest absolute Gasteiger partial charge is 0.333 e. The molecule has 2 fully saturated rings. The Hall–Kier alpha value is -2.50. The van der Waals surface area contributed by atoms with Crippen LogP contribution in [-0.4, -0.2) is 128 Å². The molecule has 3 aliphatic rings. The fourth-order valence-electron chi connectivity index (χ4n) is 5.11. The van der Waals surface area contributed by atoms with E-state index in [0.717, 1.165) is 0 Å². The van der Waals surface area contributed by atoms with Gasteiger partial charge in [-0.2, -0.15) is 0 Å². The number of aliphatic hydroxyl groups excluding tert-OH is 6. The zero-order valence-corrected chi connectivity index (χ0v) is 26.7. The molecule has 3 aliphatic heterocycles. The summed E-state index contributed by atoms with van der Waals surface area (Å²) < 4.78 is 34.1. The molecule has 2 saturated heterocycles. The standard InChI is InChI=1S/C32H48O14/c1-7-31(5)13-9-11-17(3)27(39)42-16-20-22(34)24(36)26(38)30(44-20)46-32(6,8-2)14-10-12-18(4)28(40)41-15-19-21(33)23(35)25(37)29(43-19)45-31/h7-8,11-12,19-26,29-30,33-38H,1-2,9-10,13-16H2,3-6H3/b17-11+,18-12+/t19-,20-,21+,22+,23-,24+,25-,26+,29+,30+,31-,32-/m1/s1. The quantitative estimate of drug-likeness (QED) is 0.172. The van der Waals surface area contributed by atoms with E-state index in [9.17, 15) is 40.2 Å². The van der Waals surface area contributed by atoms with Crippen molar-refractivity contribution < 1.29 is 68.6 Å². The van der Waals surface area contributed by atoms with Crippen LogP contribution in [0, 0.1) is 0 Å². The van der Waals surface area contributed by atoms with E-state index in [1.165, 1.54) is 26.0 Å². The van der Waals surface area contributed by atoms with Gasteiger partial charge in [-0.3, -0.25) is 0 Å². The van der Waals surface area contributed by atoms with Crippen molar-refractivity contribution in [1.29, 1.82) is 0 Å². The normalized spacial score (nSPS) is 45.0. The van der Waals surface area contributed by atoms with Crippen molar-refractivity contribution in [3.05, 3.63) is 48.6 Å². The summed E-state index contributed by atoms with van der Waals surface area (Å²) in [6.45, 7) is 13.0. The minimum Gasteiger partial charge on any atom is -0.459 e. The SMILES string of the molecule is C=C[C@]1(C)CC/C=C(\C)C(=O)OC[C@H]2O[C@@H](O[C@](C)(C=C)CC/C=C(\C)C(=O)OC[C@H]3O[C@@H](O1)[C@@H](O)[C@@H](O)[C@H]3O)[C@H](O)[C@H](O)[C@H]2O. The topological polar surface area (TPSA) is 211 Å². The van der Waals surface area contributed by atoms with Gasteiger partial charge in [-0.1, -0.05) is 24.3 Å². The number of carbonyl (C=O) groups excluding carboxylic acids is 2. The second-order valence-corrected chi connectivity index (χ2v) is 12.3. The van der Waals surface area contributed by atoms with Gasteiger partial charge in [0.2, 0.25) is 0 Å². The molecule has 0 radical (unpaired) electrons. The van der Waals surface area contributed by atoms with Gasteiger partial charge in [0.05, 0.1) is 11.2 Å². The third-order valence-corrected chi connectivity index (χ3v) is 8.56. The lowest BCUT2D eigenvalue weighted by atomic mass is 9.96. The summed E-state index contributed by atoms with van der Waals surface area (Å²) in [7, 11) is 0. The first kappa shape index (κ1) is 38.0. The minimum absolute atomic E-state index is 0.219. The fraction of sp³-hybridized carbons (Fsp3) is 0.688. The Morgan fingerprint density at radius 2 is 1.00 bits per heavy atom. The average Bonchev–Trinajstić information content (AvgIpc) is 3.03. The van der Waals surface area contributed by atoms with Crippen LogP contribution in [0.4, 0.5) is 0 Å². The number of aliphatic hydroxyl groups is 6. The van der Waals surface area contributed by atoms with Crippen molar-refractivity contribution in [3.8, 4) is 0 Å². The average molecular weight is 657 g/mol. The van der Waals surface area contributed by atoms with Crippen LogP contribution in [0.1, 0.15) is 53.4 Å². The van der Waals surface area contributed by atoms with E-state index in [1.807, 2.05) is 0 Å². The van der Waals surface area contributed by atoms with E-state index in [0.29, 0.717) is 0 Å². The lowest BCUT2D eigenvalue weighted by molar-refractivity contribution is -0.320. The number of ether oxygens (including phenoxy) is 6. The minimum atomic E-state index is -1.66. The van der Waals surface area contributed by atoms with E-state index in [4.69, 9.17) is 28.4 Å². The molecule has 260 valence electrons. The number of carbonyl (C=O) groups is 2. The van der Waals surface area contributed by atoms with Crippen LogP contribution in [-0.2, 0) is 38.0 Å². The molecule has 0 aliphatic carbocycles. The van der Waals surface area contributed by atoms with Crippen LogP contribution in [0.5, 0.6) is 0 Å². The zero-order chi connectivity index (χ0) is 34.4. The molecule has 14 heteroatoms. The fourth-order valence-corrected chi connectivity index (χ4v) is 5.11. The van der Waals surface area contributed by atoms with Gasteiger partial charge in [0.1, 0.15) is 62.0 Å².